The molecular weight excluding hydrogens is 262 g/mol. The Labute approximate surface area is 117 Å². The monoisotopic (exact) mass is 280 g/mol. The van der Waals surface area contributed by atoms with Crippen LogP contribution < -0.4 is 4.90 Å². The minimum absolute atomic E-state index is 0.134. The van der Waals surface area contributed by atoms with Crippen molar-refractivity contribution >= 4 is 5.69 Å². The second kappa shape index (κ2) is 5.02. The molecule has 1 aromatic carbocycles. The molecule has 3 nitrogen and oxygen atoms in total. The van der Waals surface area contributed by atoms with Gasteiger partial charge in [0.1, 0.15) is 23.3 Å². The molecule has 20 heavy (non-hydrogen) atoms. The third-order valence-corrected chi connectivity index (χ3v) is 3.93. The van der Waals surface area contributed by atoms with Crippen LogP contribution in [0.4, 0.5) is 14.5 Å². The maximum absolute atomic E-state index is 13.7. The number of aliphatic hydroxyl groups is 1. The van der Waals surface area contributed by atoms with Gasteiger partial charge in [-0.3, -0.25) is 0 Å². The number of benzene rings is 1. The number of anilines is 1. The minimum Gasteiger partial charge on any atom is -0.388 e. The first-order valence-corrected chi connectivity index (χ1v) is 6.66. The lowest BCUT2D eigenvalue weighted by molar-refractivity contribution is 0.0371. The maximum atomic E-state index is 13.7. The molecule has 5 heteroatoms. The topological polar surface area (TPSA) is 47.3 Å². The van der Waals surface area contributed by atoms with Gasteiger partial charge in [-0.25, -0.2) is 8.78 Å². The highest BCUT2D eigenvalue weighted by atomic mass is 19.1. The zero-order valence-electron chi connectivity index (χ0n) is 11.8. The van der Waals surface area contributed by atoms with Crippen molar-refractivity contribution in [3.05, 3.63) is 29.3 Å². The van der Waals surface area contributed by atoms with E-state index in [1.165, 1.54) is 18.2 Å². The fourth-order valence-corrected chi connectivity index (χ4v) is 3.17. The molecule has 1 heterocycles. The second-order valence-corrected chi connectivity index (χ2v) is 5.89. The van der Waals surface area contributed by atoms with E-state index in [2.05, 4.69) is 0 Å². The number of nitriles is 1. The molecule has 0 saturated carbocycles. The van der Waals surface area contributed by atoms with E-state index in [0.29, 0.717) is 18.7 Å². The summed E-state index contributed by atoms with van der Waals surface area (Å²) < 4.78 is 27.5. The normalized spacial score (nSPS) is 26.1. The molecule has 0 bridgehead atoms. The smallest absolute Gasteiger partial charge is 0.146 e. The summed E-state index contributed by atoms with van der Waals surface area (Å²) in [6, 6.07) is 3.63. The van der Waals surface area contributed by atoms with Crippen LogP contribution in [0.1, 0.15) is 32.8 Å². The fraction of sp³-hybridized carbons (Fsp3) is 0.533. The molecule has 0 aliphatic carbocycles. The van der Waals surface area contributed by atoms with Gasteiger partial charge < -0.3 is 10.0 Å². The van der Waals surface area contributed by atoms with E-state index in [1.54, 1.807) is 6.92 Å². The van der Waals surface area contributed by atoms with Crippen molar-refractivity contribution in [2.75, 3.05) is 11.4 Å². The summed E-state index contributed by atoms with van der Waals surface area (Å²) in [5.41, 5.74) is -1.09. The summed E-state index contributed by atoms with van der Waals surface area (Å²) in [6.45, 7) is 6.20. The summed E-state index contributed by atoms with van der Waals surface area (Å²) in [7, 11) is 0. The first kappa shape index (κ1) is 14.7. The number of nitrogens with zero attached hydrogens (tertiary/aromatic N) is 2. The zero-order chi connectivity index (χ0) is 15.1. The van der Waals surface area contributed by atoms with Gasteiger partial charge in [-0.2, -0.15) is 5.26 Å². The second-order valence-electron chi connectivity index (χ2n) is 5.89. The van der Waals surface area contributed by atoms with Crippen LogP contribution in [0.2, 0.25) is 0 Å². The van der Waals surface area contributed by atoms with Gasteiger partial charge in [-0.05, 0) is 31.4 Å². The number of hydrogen-bond donors (Lipinski definition) is 1. The molecule has 2 rings (SSSR count). The van der Waals surface area contributed by atoms with Crippen LogP contribution in [0.5, 0.6) is 0 Å². The molecule has 108 valence electrons. The van der Waals surface area contributed by atoms with Crippen LogP contribution >= 0.6 is 0 Å². The summed E-state index contributed by atoms with van der Waals surface area (Å²) in [5.74, 6) is -1.60. The molecule has 0 spiro atoms. The third kappa shape index (κ3) is 2.36. The average Bonchev–Trinajstić information content (AvgIpc) is 2.64. The van der Waals surface area contributed by atoms with Crippen LogP contribution in [0.25, 0.3) is 0 Å². The number of rotatable bonds is 2. The lowest BCUT2D eigenvalue weighted by atomic mass is 9.88. The van der Waals surface area contributed by atoms with Crippen LogP contribution in [0.3, 0.4) is 0 Å². The Morgan fingerprint density at radius 3 is 2.40 bits per heavy atom. The SMILES string of the molecule is CC(C)[C@@H]1N(c2cc(F)c(C#N)c(F)c2)CC[C@]1(C)O. The molecule has 0 unspecified atom stereocenters. The molecule has 0 radical (unpaired) electrons. The largest absolute Gasteiger partial charge is 0.388 e. The van der Waals surface area contributed by atoms with E-state index in [0.717, 1.165) is 0 Å². The molecule has 1 aliphatic rings. The molecule has 1 N–H and O–H groups in total. The van der Waals surface area contributed by atoms with Gasteiger partial charge in [0.25, 0.3) is 0 Å². The van der Waals surface area contributed by atoms with Crippen LogP contribution in [0.15, 0.2) is 12.1 Å². The Morgan fingerprint density at radius 1 is 1.40 bits per heavy atom. The molecule has 1 aromatic rings. The maximum Gasteiger partial charge on any atom is 0.146 e. The van der Waals surface area contributed by atoms with E-state index in [-0.39, 0.29) is 12.0 Å². The molecule has 1 aliphatic heterocycles. The summed E-state index contributed by atoms with van der Waals surface area (Å²) >= 11 is 0. The quantitative estimate of drug-likeness (QED) is 0.906. The van der Waals surface area contributed by atoms with Gasteiger partial charge in [-0.15, -0.1) is 0 Å². The molecular formula is C15H18F2N2O. The van der Waals surface area contributed by atoms with Crippen molar-refractivity contribution in [1.29, 1.82) is 5.26 Å². The van der Waals surface area contributed by atoms with E-state index in [9.17, 15) is 13.9 Å². The number of hydrogen-bond acceptors (Lipinski definition) is 3. The minimum atomic E-state index is -0.894. The van der Waals surface area contributed by atoms with Gasteiger partial charge in [0.05, 0.1) is 11.6 Å². The molecule has 1 saturated heterocycles. The highest BCUT2D eigenvalue weighted by molar-refractivity contribution is 5.53. The lowest BCUT2D eigenvalue weighted by Gasteiger charge is -2.36. The lowest BCUT2D eigenvalue weighted by Crippen LogP contribution is -2.46. The van der Waals surface area contributed by atoms with Crippen molar-refractivity contribution in [2.24, 2.45) is 5.92 Å². The summed E-state index contributed by atoms with van der Waals surface area (Å²) in [5, 5.41) is 19.1. The van der Waals surface area contributed by atoms with Crippen molar-refractivity contribution in [1.82, 2.24) is 0 Å². The van der Waals surface area contributed by atoms with E-state index in [1.807, 2.05) is 18.7 Å². The molecule has 1 fully saturated rings. The van der Waals surface area contributed by atoms with Gasteiger partial charge in [0, 0.05) is 12.2 Å². The van der Waals surface area contributed by atoms with Gasteiger partial charge in [-0.1, -0.05) is 13.8 Å². The van der Waals surface area contributed by atoms with Crippen LogP contribution in [0, 0.1) is 28.9 Å². The highest BCUT2D eigenvalue weighted by Crippen LogP contribution is 2.37. The van der Waals surface area contributed by atoms with E-state index < -0.39 is 22.8 Å². The number of halogens is 2. The molecule has 2 atom stereocenters. The van der Waals surface area contributed by atoms with Crippen molar-refractivity contribution in [3.8, 4) is 6.07 Å². The Kier molecular flexibility index (Phi) is 3.70. The van der Waals surface area contributed by atoms with Gasteiger partial charge in [0.2, 0.25) is 0 Å². The van der Waals surface area contributed by atoms with E-state index >= 15 is 0 Å². The van der Waals surface area contributed by atoms with Gasteiger partial charge >= 0.3 is 0 Å². The molecule has 0 amide bonds. The predicted molar refractivity (Wildman–Crippen MR) is 72.3 cm³/mol. The van der Waals surface area contributed by atoms with Crippen molar-refractivity contribution in [2.45, 2.75) is 38.8 Å². The summed E-state index contributed by atoms with van der Waals surface area (Å²) in [4.78, 5) is 1.82. The Morgan fingerprint density at radius 2 is 1.95 bits per heavy atom. The predicted octanol–water partition coefficient (Wildman–Crippen LogP) is 2.82. The fourth-order valence-electron chi connectivity index (χ4n) is 3.17. The first-order valence-electron chi connectivity index (χ1n) is 6.66. The zero-order valence-corrected chi connectivity index (χ0v) is 11.8. The van der Waals surface area contributed by atoms with Crippen LogP contribution in [-0.4, -0.2) is 23.3 Å². The Hall–Kier alpha value is -1.67. The highest BCUT2D eigenvalue weighted by Gasteiger charge is 2.44. The van der Waals surface area contributed by atoms with Crippen LogP contribution in [-0.2, 0) is 0 Å². The third-order valence-electron chi connectivity index (χ3n) is 3.93. The van der Waals surface area contributed by atoms with E-state index in [4.69, 9.17) is 5.26 Å². The Bertz CT molecular complexity index is 540. The standard InChI is InChI=1S/C15H18F2N2O/c1-9(2)14-15(3,20)4-5-19(14)10-6-12(16)11(8-18)13(17)7-10/h6-7,9,14,20H,4-5H2,1-3H3/t14-,15-/m0/s1. The Balaban J connectivity index is 2.45. The average molecular weight is 280 g/mol. The van der Waals surface area contributed by atoms with Crippen molar-refractivity contribution < 1.29 is 13.9 Å². The molecule has 0 aromatic heterocycles. The van der Waals surface area contributed by atoms with Crippen molar-refractivity contribution in [3.63, 3.8) is 0 Å². The van der Waals surface area contributed by atoms with Gasteiger partial charge in [0.15, 0.2) is 0 Å². The summed E-state index contributed by atoms with van der Waals surface area (Å²) in [6.07, 6.45) is 0.541. The first-order chi connectivity index (χ1) is 9.27.